The van der Waals surface area contributed by atoms with Gasteiger partial charge in [0.05, 0.1) is 0 Å². The van der Waals surface area contributed by atoms with E-state index in [-0.39, 0.29) is 6.04 Å². The van der Waals surface area contributed by atoms with Crippen molar-refractivity contribution in [3.05, 3.63) is 35.4 Å². The Morgan fingerprint density at radius 3 is 2.79 bits per heavy atom. The maximum atomic E-state index is 11.5. The van der Waals surface area contributed by atoms with Crippen LogP contribution in [0.2, 0.25) is 0 Å². The number of hydrogen-bond acceptors (Lipinski definition) is 3. The summed E-state index contributed by atoms with van der Waals surface area (Å²) in [5.74, 6) is -0.737. The normalized spacial score (nSPS) is 20.8. The summed E-state index contributed by atoms with van der Waals surface area (Å²) in [5.41, 5.74) is 2.40. The molecule has 2 atom stereocenters. The number of benzene rings is 1. The quantitative estimate of drug-likeness (QED) is 0.882. The van der Waals surface area contributed by atoms with E-state index in [1.54, 1.807) is 7.11 Å². The van der Waals surface area contributed by atoms with Gasteiger partial charge < -0.3 is 9.84 Å². The van der Waals surface area contributed by atoms with Crippen LogP contribution in [0, 0.1) is 0 Å². The fourth-order valence-corrected chi connectivity index (χ4v) is 2.69. The van der Waals surface area contributed by atoms with Crippen LogP contribution in [0.25, 0.3) is 0 Å². The van der Waals surface area contributed by atoms with Crippen molar-refractivity contribution >= 4 is 5.97 Å². The molecule has 1 heterocycles. The van der Waals surface area contributed by atoms with E-state index < -0.39 is 12.0 Å². The molecule has 4 heteroatoms. The zero-order valence-corrected chi connectivity index (χ0v) is 11.5. The Morgan fingerprint density at radius 1 is 1.47 bits per heavy atom. The van der Waals surface area contributed by atoms with Gasteiger partial charge in [-0.1, -0.05) is 24.3 Å². The number of hydrogen-bond donors (Lipinski definition) is 1. The lowest BCUT2D eigenvalue weighted by atomic mass is 9.92. The summed E-state index contributed by atoms with van der Waals surface area (Å²) in [6.07, 6.45) is 1.44. The van der Waals surface area contributed by atoms with Crippen molar-refractivity contribution in [2.75, 3.05) is 13.7 Å². The smallest absolute Gasteiger partial charge is 0.321 e. The van der Waals surface area contributed by atoms with Crippen LogP contribution < -0.4 is 0 Å². The summed E-state index contributed by atoms with van der Waals surface area (Å²) in [6.45, 7) is 3.44. The summed E-state index contributed by atoms with van der Waals surface area (Å²) in [7, 11) is 1.67. The second kappa shape index (κ2) is 6.17. The Bertz CT molecular complexity index is 447. The van der Waals surface area contributed by atoms with Gasteiger partial charge in [0.25, 0.3) is 0 Å². The molecule has 4 nitrogen and oxygen atoms in total. The second-order valence-corrected chi connectivity index (χ2v) is 5.13. The minimum absolute atomic E-state index is 0.203. The number of carboxylic acids is 1. The Kier molecular flexibility index (Phi) is 4.56. The van der Waals surface area contributed by atoms with Gasteiger partial charge in [0.2, 0.25) is 0 Å². The van der Waals surface area contributed by atoms with Crippen LogP contribution in [-0.4, -0.2) is 41.8 Å². The van der Waals surface area contributed by atoms with Crippen LogP contribution in [0.4, 0.5) is 0 Å². The van der Waals surface area contributed by atoms with Crippen molar-refractivity contribution in [3.63, 3.8) is 0 Å². The first-order valence-electron chi connectivity index (χ1n) is 6.67. The minimum Gasteiger partial charge on any atom is -0.480 e. The predicted octanol–water partition coefficient (Wildman–Crippen LogP) is 1.92. The fraction of sp³-hybridized carbons (Fsp3) is 0.533. The molecule has 0 radical (unpaired) electrons. The van der Waals surface area contributed by atoms with Gasteiger partial charge in [-0.3, -0.25) is 9.69 Å². The highest BCUT2D eigenvalue weighted by atomic mass is 16.5. The van der Waals surface area contributed by atoms with E-state index in [9.17, 15) is 9.90 Å². The van der Waals surface area contributed by atoms with E-state index in [1.807, 2.05) is 18.2 Å². The average molecular weight is 263 g/mol. The third-order valence-corrected chi connectivity index (χ3v) is 3.88. The van der Waals surface area contributed by atoms with Crippen LogP contribution in [0.3, 0.4) is 0 Å². The highest BCUT2D eigenvalue weighted by molar-refractivity contribution is 5.74. The first-order chi connectivity index (χ1) is 9.13. The SMILES string of the molecule is COCCC(C)N1Cc2ccccc2C[C@H]1C(=O)O. The highest BCUT2D eigenvalue weighted by Gasteiger charge is 2.33. The molecule has 0 fully saturated rings. The number of carboxylic acid groups (broad SMARTS) is 1. The minimum atomic E-state index is -0.737. The predicted molar refractivity (Wildman–Crippen MR) is 73.1 cm³/mol. The number of rotatable bonds is 5. The molecule has 1 N–H and O–H groups in total. The third-order valence-electron chi connectivity index (χ3n) is 3.88. The van der Waals surface area contributed by atoms with Gasteiger partial charge in [0.15, 0.2) is 0 Å². The molecule has 0 aromatic heterocycles. The summed E-state index contributed by atoms with van der Waals surface area (Å²) in [6, 6.07) is 7.88. The van der Waals surface area contributed by atoms with Gasteiger partial charge >= 0.3 is 5.97 Å². The summed E-state index contributed by atoms with van der Waals surface area (Å²) >= 11 is 0. The Balaban J connectivity index is 2.19. The van der Waals surface area contributed by atoms with Crippen molar-refractivity contribution in [2.45, 2.75) is 38.4 Å². The molecule has 2 rings (SSSR count). The Hall–Kier alpha value is -1.39. The molecule has 1 aromatic rings. The highest BCUT2D eigenvalue weighted by Crippen LogP contribution is 2.26. The molecular weight excluding hydrogens is 242 g/mol. The van der Waals surface area contributed by atoms with Crippen LogP contribution in [-0.2, 0) is 22.5 Å². The van der Waals surface area contributed by atoms with Gasteiger partial charge in [-0.05, 0) is 30.9 Å². The molecule has 1 aliphatic heterocycles. The Labute approximate surface area is 114 Å². The van der Waals surface area contributed by atoms with Gasteiger partial charge in [0.1, 0.15) is 6.04 Å². The molecule has 0 aliphatic carbocycles. The molecule has 0 spiro atoms. The monoisotopic (exact) mass is 263 g/mol. The molecule has 19 heavy (non-hydrogen) atoms. The largest absolute Gasteiger partial charge is 0.480 e. The fourth-order valence-electron chi connectivity index (χ4n) is 2.69. The van der Waals surface area contributed by atoms with Crippen molar-refractivity contribution in [1.29, 1.82) is 0 Å². The van der Waals surface area contributed by atoms with Gasteiger partial charge in [-0.25, -0.2) is 0 Å². The molecule has 104 valence electrons. The second-order valence-electron chi connectivity index (χ2n) is 5.13. The summed E-state index contributed by atoms with van der Waals surface area (Å²) in [5, 5.41) is 9.44. The first-order valence-corrected chi connectivity index (χ1v) is 6.67. The van der Waals surface area contributed by atoms with E-state index in [4.69, 9.17) is 4.74 Å². The third kappa shape index (κ3) is 3.14. The number of fused-ring (bicyclic) bond motifs is 1. The van der Waals surface area contributed by atoms with E-state index in [0.717, 1.165) is 12.0 Å². The topological polar surface area (TPSA) is 49.8 Å². The van der Waals surface area contributed by atoms with E-state index in [1.165, 1.54) is 5.56 Å². The molecule has 0 saturated heterocycles. The molecule has 0 bridgehead atoms. The Morgan fingerprint density at radius 2 is 2.16 bits per heavy atom. The van der Waals surface area contributed by atoms with Crippen LogP contribution >= 0.6 is 0 Å². The lowest BCUT2D eigenvalue weighted by molar-refractivity contribution is -0.145. The molecule has 1 aromatic carbocycles. The van der Waals surface area contributed by atoms with E-state index in [0.29, 0.717) is 19.6 Å². The van der Waals surface area contributed by atoms with Gasteiger partial charge in [-0.15, -0.1) is 0 Å². The lowest BCUT2D eigenvalue weighted by Gasteiger charge is -2.38. The van der Waals surface area contributed by atoms with Crippen molar-refractivity contribution < 1.29 is 14.6 Å². The van der Waals surface area contributed by atoms with E-state index in [2.05, 4.69) is 17.9 Å². The molecule has 0 amide bonds. The number of nitrogens with zero attached hydrogens (tertiary/aromatic N) is 1. The van der Waals surface area contributed by atoms with Crippen LogP contribution in [0.5, 0.6) is 0 Å². The summed E-state index contributed by atoms with van der Waals surface area (Å²) in [4.78, 5) is 13.6. The molecule has 1 aliphatic rings. The van der Waals surface area contributed by atoms with E-state index >= 15 is 0 Å². The first kappa shape index (κ1) is 14.0. The van der Waals surface area contributed by atoms with Crippen molar-refractivity contribution in [1.82, 2.24) is 4.90 Å². The van der Waals surface area contributed by atoms with Crippen molar-refractivity contribution in [2.24, 2.45) is 0 Å². The molecule has 1 unspecified atom stereocenters. The van der Waals surface area contributed by atoms with Gasteiger partial charge in [-0.2, -0.15) is 0 Å². The maximum absolute atomic E-state index is 11.5. The molecular formula is C15H21NO3. The summed E-state index contributed by atoms with van der Waals surface area (Å²) < 4.78 is 5.09. The zero-order valence-electron chi connectivity index (χ0n) is 11.5. The maximum Gasteiger partial charge on any atom is 0.321 e. The number of methoxy groups -OCH3 is 1. The van der Waals surface area contributed by atoms with Crippen molar-refractivity contribution in [3.8, 4) is 0 Å². The molecule has 0 saturated carbocycles. The number of ether oxygens (including phenoxy) is 1. The van der Waals surface area contributed by atoms with Gasteiger partial charge in [0, 0.05) is 26.3 Å². The number of aliphatic carboxylic acids is 1. The zero-order chi connectivity index (χ0) is 13.8. The number of carbonyl (C=O) groups is 1. The lowest BCUT2D eigenvalue weighted by Crippen LogP contribution is -2.49. The average Bonchev–Trinajstić information content (AvgIpc) is 2.43. The van der Waals surface area contributed by atoms with Crippen LogP contribution in [0.1, 0.15) is 24.5 Å². The van der Waals surface area contributed by atoms with Crippen LogP contribution in [0.15, 0.2) is 24.3 Å². The standard InChI is InChI=1S/C15H21NO3/c1-11(7-8-19-2)16-10-13-6-4-3-5-12(13)9-14(16)15(17)18/h3-6,11,14H,7-10H2,1-2H3,(H,17,18)/t11?,14-/m0/s1.